The number of carbonyl (C=O) groups excluding carboxylic acids is 1. The van der Waals surface area contributed by atoms with Crippen LogP contribution in [0.1, 0.15) is 20.8 Å². The van der Waals surface area contributed by atoms with Crippen molar-refractivity contribution in [3.8, 4) is 11.5 Å². The number of amides is 1. The Kier molecular flexibility index (Phi) is 5.78. The molecular formula is C21H26N2O3. The van der Waals surface area contributed by atoms with E-state index in [1.165, 1.54) is 0 Å². The molecule has 1 heterocycles. The zero-order chi connectivity index (χ0) is 18.5. The molecule has 1 fully saturated rings. The predicted molar refractivity (Wildman–Crippen MR) is 103 cm³/mol. The quantitative estimate of drug-likeness (QED) is 0.884. The molecule has 0 radical (unpaired) electrons. The Morgan fingerprint density at radius 3 is 2.23 bits per heavy atom. The average Bonchev–Trinajstić information content (AvgIpc) is 2.63. The summed E-state index contributed by atoms with van der Waals surface area (Å²) in [6.45, 7) is 7.17. The van der Waals surface area contributed by atoms with Crippen molar-refractivity contribution in [1.82, 2.24) is 4.90 Å². The van der Waals surface area contributed by atoms with E-state index < -0.39 is 0 Å². The molecule has 1 aliphatic heterocycles. The van der Waals surface area contributed by atoms with Gasteiger partial charge in [0.05, 0.1) is 12.2 Å². The molecule has 0 bridgehead atoms. The fourth-order valence-corrected chi connectivity index (χ4v) is 3.19. The van der Waals surface area contributed by atoms with Gasteiger partial charge in [0.1, 0.15) is 17.5 Å². The van der Waals surface area contributed by atoms with E-state index in [9.17, 15) is 4.79 Å². The first-order valence-corrected chi connectivity index (χ1v) is 9.05. The first kappa shape index (κ1) is 18.3. The molecule has 138 valence electrons. The summed E-state index contributed by atoms with van der Waals surface area (Å²) in [6, 6.07) is 17.0. The number of nitrogens with one attached hydrogen (secondary N) is 1. The van der Waals surface area contributed by atoms with Gasteiger partial charge < -0.3 is 19.7 Å². The SMILES string of the molecule is C[C@@H]1CN(C(=O)[C@H](C)Nc2ccc(Oc3ccccc3)cc2)C[C@@H](C)O1. The second kappa shape index (κ2) is 8.23. The Hall–Kier alpha value is -2.53. The lowest BCUT2D eigenvalue weighted by atomic mass is 10.2. The van der Waals surface area contributed by atoms with E-state index in [4.69, 9.17) is 9.47 Å². The van der Waals surface area contributed by atoms with Crippen molar-refractivity contribution in [1.29, 1.82) is 0 Å². The van der Waals surface area contributed by atoms with Gasteiger partial charge in [-0.1, -0.05) is 18.2 Å². The van der Waals surface area contributed by atoms with E-state index in [1.54, 1.807) is 0 Å². The molecule has 3 rings (SSSR count). The molecule has 1 N–H and O–H groups in total. The molecule has 0 unspecified atom stereocenters. The molecule has 3 atom stereocenters. The molecule has 1 amide bonds. The van der Waals surface area contributed by atoms with Gasteiger partial charge in [-0.3, -0.25) is 4.79 Å². The van der Waals surface area contributed by atoms with Crippen LogP contribution in [0.3, 0.4) is 0 Å². The molecule has 0 aromatic heterocycles. The summed E-state index contributed by atoms with van der Waals surface area (Å²) < 4.78 is 11.5. The lowest BCUT2D eigenvalue weighted by Gasteiger charge is -2.36. The smallest absolute Gasteiger partial charge is 0.244 e. The number of ether oxygens (including phenoxy) is 2. The average molecular weight is 354 g/mol. The van der Waals surface area contributed by atoms with Crippen LogP contribution in [0.15, 0.2) is 54.6 Å². The van der Waals surface area contributed by atoms with Crippen LogP contribution in [0.25, 0.3) is 0 Å². The largest absolute Gasteiger partial charge is 0.457 e. The highest BCUT2D eigenvalue weighted by Crippen LogP contribution is 2.23. The third-order valence-corrected chi connectivity index (χ3v) is 4.32. The van der Waals surface area contributed by atoms with Gasteiger partial charge in [0.2, 0.25) is 5.91 Å². The Morgan fingerprint density at radius 1 is 1.04 bits per heavy atom. The fourth-order valence-electron chi connectivity index (χ4n) is 3.19. The molecule has 2 aromatic carbocycles. The van der Waals surface area contributed by atoms with Crippen molar-refractivity contribution in [2.75, 3.05) is 18.4 Å². The minimum atomic E-state index is -0.298. The number of anilines is 1. The van der Waals surface area contributed by atoms with Crippen LogP contribution in [-0.2, 0) is 9.53 Å². The summed E-state index contributed by atoms with van der Waals surface area (Å²) in [6.07, 6.45) is 0.147. The van der Waals surface area contributed by atoms with E-state index in [2.05, 4.69) is 5.32 Å². The van der Waals surface area contributed by atoms with Crippen LogP contribution in [0.5, 0.6) is 11.5 Å². The van der Waals surface area contributed by atoms with Gasteiger partial charge in [-0.05, 0) is 57.2 Å². The Labute approximate surface area is 154 Å². The van der Waals surface area contributed by atoms with Gasteiger partial charge in [-0.2, -0.15) is 0 Å². The molecule has 5 heteroatoms. The first-order valence-electron chi connectivity index (χ1n) is 9.05. The normalized spacial score (nSPS) is 21.1. The number of para-hydroxylation sites is 1. The standard InChI is InChI=1S/C21H26N2O3/c1-15-13-23(14-16(2)25-15)21(24)17(3)22-18-9-11-20(12-10-18)26-19-7-5-4-6-8-19/h4-12,15-17,22H,13-14H2,1-3H3/t15-,16-,17+/m1/s1. The lowest BCUT2D eigenvalue weighted by Crippen LogP contribution is -2.52. The van der Waals surface area contributed by atoms with E-state index in [0.717, 1.165) is 17.2 Å². The maximum atomic E-state index is 12.7. The van der Waals surface area contributed by atoms with Crippen LogP contribution in [0.4, 0.5) is 5.69 Å². The number of hydrogen-bond acceptors (Lipinski definition) is 4. The van der Waals surface area contributed by atoms with Crippen LogP contribution in [0.2, 0.25) is 0 Å². The van der Waals surface area contributed by atoms with Gasteiger partial charge in [-0.15, -0.1) is 0 Å². The Bertz CT molecular complexity index is 708. The highest BCUT2D eigenvalue weighted by Gasteiger charge is 2.28. The van der Waals surface area contributed by atoms with Crippen LogP contribution >= 0.6 is 0 Å². The molecule has 1 saturated heterocycles. The van der Waals surface area contributed by atoms with Crippen molar-refractivity contribution in [2.24, 2.45) is 0 Å². The zero-order valence-electron chi connectivity index (χ0n) is 15.5. The highest BCUT2D eigenvalue weighted by molar-refractivity contribution is 5.84. The van der Waals surface area contributed by atoms with Crippen molar-refractivity contribution >= 4 is 11.6 Å². The molecule has 0 aliphatic carbocycles. The van der Waals surface area contributed by atoms with Crippen molar-refractivity contribution in [3.63, 3.8) is 0 Å². The highest BCUT2D eigenvalue weighted by atomic mass is 16.5. The van der Waals surface area contributed by atoms with Gasteiger partial charge in [0.25, 0.3) is 0 Å². The molecule has 5 nitrogen and oxygen atoms in total. The minimum absolute atomic E-state index is 0.0734. The maximum Gasteiger partial charge on any atom is 0.244 e. The van der Waals surface area contributed by atoms with Crippen molar-refractivity contribution in [3.05, 3.63) is 54.6 Å². The van der Waals surface area contributed by atoms with Gasteiger partial charge in [0.15, 0.2) is 0 Å². The number of hydrogen-bond donors (Lipinski definition) is 1. The zero-order valence-corrected chi connectivity index (χ0v) is 15.5. The monoisotopic (exact) mass is 354 g/mol. The Balaban J connectivity index is 1.57. The van der Waals surface area contributed by atoms with Crippen LogP contribution in [-0.4, -0.2) is 42.1 Å². The van der Waals surface area contributed by atoms with Crippen LogP contribution in [0, 0.1) is 0 Å². The maximum absolute atomic E-state index is 12.7. The number of nitrogens with zero attached hydrogens (tertiary/aromatic N) is 1. The second-order valence-corrected chi connectivity index (χ2v) is 6.81. The molecule has 0 saturated carbocycles. The molecule has 2 aromatic rings. The van der Waals surface area contributed by atoms with Gasteiger partial charge in [0, 0.05) is 18.8 Å². The van der Waals surface area contributed by atoms with Crippen LogP contribution < -0.4 is 10.1 Å². The predicted octanol–water partition coefficient (Wildman–Crippen LogP) is 3.92. The summed E-state index contributed by atoms with van der Waals surface area (Å²) in [5, 5.41) is 3.27. The summed E-state index contributed by atoms with van der Waals surface area (Å²) in [4.78, 5) is 14.6. The lowest BCUT2D eigenvalue weighted by molar-refractivity contribution is -0.143. The molecule has 1 aliphatic rings. The number of benzene rings is 2. The van der Waals surface area contributed by atoms with E-state index in [-0.39, 0.29) is 24.2 Å². The third-order valence-electron chi connectivity index (χ3n) is 4.32. The molecular weight excluding hydrogens is 328 g/mol. The van der Waals surface area contributed by atoms with Crippen molar-refractivity contribution in [2.45, 2.75) is 39.0 Å². The Morgan fingerprint density at radius 2 is 1.62 bits per heavy atom. The minimum Gasteiger partial charge on any atom is -0.457 e. The summed E-state index contributed by atoms with van der Waals surface area (Å²) >= 11 is 0. The summed E-state index contributed by atoms with van der Waals surface area (Å²) in [7, 11) is 0. The van der Waals surface area contributed by atoms with Gasteiger partial charge >= 0.3 is 0 Å². The molecule has 26 heavy (non-hydrogen) atoms. The number of carbonyl (C=O) groups is 1. The van der Waals surface area contributed by atoms with E-state index in [1.807, 2.05) is 80.3 Å². The van der Waals surface area contributed by atoms with Crippen molar-refractivity contribution < 1.29 is 14.3 Å². The summed E-state index contributed by atoms with van der Waals surface area (Å²) in [5.74, 6) is 1.65. The second-order valence-electron chi connectivity index (χ2n) is 6.81. The number of rotatable bonds is 5. The summed E-state index contributed by atoms with van der Waals surface area (Å²) in [5.41, 5.74) is 0.889. The first-order chi connectivity index (χ1) is 12.5. The van der Waals surface area contributed by atoms with E-state index in [0.29, 0.717) is 13.1 Å². The number of morpholine rings is 1. The fraction of sp³-hybridized carbons (Fsp3) is 0.381. The van der Waals surface area contributed by atoms with Gasteiger partial charge in [-0.25, -0.2) is 0 Å². The van der Waals surface area contributed by atoms with E-state index >= 15 is 0 Å². The topological polar surface area (TPSA) is 50.8 Å². The third kappa shape index (κ3) is 4.76. The molecule has 0 spiro atoms.